The smallest absolute Gasteiger partial charge is 0.129 e. The van der Waals surface area contributed by atoms with E-state index in [1.54, 1.807) is 7.05 Å². The fraction of sp³-hybridized carbons (Fsp3) is 0.438. The predicted molar refractivity (Wildman–Crippen MR) is 79.2 cm³/mol. The van der Waals surface area contributed by atoms with Crippen LogP contribution in [0.5, 0.6) is 0 Å². The van der Waals surface area contributed by atoms with Crippen LogP contribution in [0, 0.1) is 11.6 Å². The van der Waals surface area contributed by atoms with Crippen LogP contribution >= 0.6 is 0 Å². The molecule has 1 atom stereocenters. The summed E-state index contributed by atoms with van der Waals surface area (Å²) in [6, 6.07) is 5.98. The molecule has 0 aliphatic heterocycles. The Morgan fingerprint density at radius 1 is 1.24 bits per heavy atom. The van der Waals surface area contributed by atoms with Gasteiger partial charge in [0.2, 0.25) is 0 Å². The highest BCUT2D eigenvalue weighted by Crippen LogP contribution is 2.16. The molecule has 1 N–H and O–H groups in total. The first-order valence-corrected chi connectivity index (χ1v) is 7.17. The van der Waals surface area contributed by atoms with Gasteiger partial charge in [0.25, 0.3) is 0 Å². The summed E-state index contributed by atoms with van der Waals surface area (Å²) < 4.78 is 29.3. The average molecular weight is 293 g/mol. The number of nitrogens with zero attached hydrogens (tertiary/aromatic N) is 2. The maximum atomic E-state index is 13.7. The van der Waals surface area contributed by atoms with Crippen LogP contribution in [0.1, 0.15) is 23.9 Å². The van der Waals surface area contributed by atoms with Crippen molar-refractivity contribution in [3.05, 3.63) is 52.9 Å². The number of hydrogen-bond acceptors (Lipinski definition) is 2. The molecule has 2 rings (SSSR count). The number of halogens is 2. The fourth-order valence-corrected chi connectivity index (χ4v) is 2.44. The molecule has 0 bridgehead atoms. The van der Waals surface area contributed by atoms with E-state index in [-0.39, 0.29) is 11.6 Å². The largest absolute Gasteiger partial charge is 0.316 e. The van der Waals surface area contributed by atoms with Crippen molar-refractivity contribution in [3.63, 3.8) is 0 Å². The SMILES string of the molecule is CCc1cc(CC(Cc2c(F)cccc2F)NC)n(C)n1. The van der Waals surface area contributed by atoms with Gasteiger partial charge in [0.05, 0.1) is 5.69 Å². The summed E-state index contributed by atoms with van der Waals surface area (Å²) in [6.45, 7) is 2.05. The topological polar surface area (TPSA) is 29.9 Å². The monoisotopic (exact) mass is 293 g/mol. The average Bonchev–Trinajstić information content (AvgIpc) is 2.82. The molecule has 0 fully saturated rings. The Bertz CT molecular complexity index is 587. The first kappa shape index (κ1) is 15.6. The molecule has 0 aliphatic rings. The first-order chi connectivity index (χ1) is 10.0. The lowest BCUT2D eigenvalue weighted by molar-refractivity contribution is 0.492. The Morgan fingerprint density at radius 3 is 2.43 bits per heavy atom. The van der Waals surface area contributed by atoms with Crippen LogP contribution in [0.4, 0.5) is 8.78 Å². The van der Waals surface area contributed by atoms with Crippen molar-refractivity contribution in [2.24, 2.45) is 7.05 Å². The van der Waals surface area contributed by atoms with Crippen LogP contribution in [-0.2, 0) is 26.3 Å². The highest BCUT2D eigenvalue weighted by Gasteiger charge is 2.17. The number of likely N-dealkylation sites (N-methyl/N-ethyl adjacent to an activating group) is 1. The highest BCUT2D eigenvalue weighted by molar-refractivity contribution is 5.21. The van der Waals surface area contributed by atoms with Crippen LogP contribution < -0.4 is 5.32 Å². The van der Waals surface area contributed by atoms with Crippen molar-refractivity contribution >= 4 is 0 Å². The molecule has 3 nitrogen and oxygen atoms in total. The van der Waals surface area contributed by atoms with Gasteiger partial charge in [0.1, 0.15) is 11.6 Å². The van der Waals surface area contributed by atoms with Crippen LogP contribution in [0.25, 0.3) is 0 Å². The minimum absolute atomic E-state index is 0.0449. The van der Waals surface area contributed by atoms with Crippen LogP contribution in [0.3, 0.4) is 0 Å². The van der Waals surface area contributed by atoms with E-state index in [0.29, 0.717) is 12.8 Å². The molecule has 0 aliphatic carbocycles. The molecule has 0 amide bonds. The second-order valence-corrected chi connectivity index (χ2v) is 5.20. The molecule has 2 aromatic rings. The van der Waals surface area contributed by atoms with Crippen LogP contribution in [0.15, 0.2) is 24.3 Å². The number of rotatable bonds is 6. The van der Waals surface area contributed by atoms with Gasteiger partial charge in [-0.1, -0.05) is 13.0 Å². The molecule has 1 heterocycles. The Hall–Kier alpha value is -1.75. The summed E-state index contributed by atoms with van der Waals surface area (Å²) in [5.41, 5.74) is 2.22. The van der Waals surface area contributed by atoms with Crippen LogP contribution in [0.2, 0.25) is 0 Å². The van der Waals surface area contributed by atoms with E-state index in [1.165, 1.54) is 18.2 Å². The minimum Gasteiger partial charge on any atom is -0.316 e. The zero-order valence-corrected chi connectivity index (χ0v) is 12.7. The van der Waals surface area contributed by atoms with Crippen molar-refractivity contribution < 1.29 is 8.78 Å². The molecule has 0 spiro atoms. The summed E-state index contributed by atoms with van der Waals surface area (Å²) in [7, 11) is 3.70. The molecule has 0 saturated heterocycles. The van der Waals surface area contributed by atoms with Gasteiger partial charge in [-0.3, -0.25) is 4.68 Å². The number of benzene rings is 1. The quantitative estimate of drug-likeness (QED) is 0.887. The lowest BCUT2D eigenvalue weighted by Gasteiger charge is -2.17. The molecule has 1 aromatic heterocycles. The summed E-state index contributed by atoms with van der Waals surface area (Å²) in [6.07, 6.45) is 1.86. The number of aromatic nitrogens is 2. The zero-order valence-electron chi connectivity index (χ0n) is 12.7. The van der Waals surface area contributed by atoms with E-state index in [1.807, 2.05) is 17.8 Å². The maximum absolute atomic E-state index is 13.7. The standard InChI is InChI=1S/C16H21F2N3/c1-4-11-8-13(21(3)20-11)9-12(19-2)10-14-15(17)6-5-7-16(14)18/h5-8,12,19H,4,9-10H2,1-3H3. The van der Waals surface area contributed by atoms with Gasteiger partial charge in [-0.25, -0.2) is 8.78 Å². The number of nitrogens with one attached hydrogen (secondary N) is 1. The molecule has 1 aromatic carbocycles. The Labute approximate surface area is 124 Å². The summed E-state index contributed by atoms with van der Waals surface area (Å²) in [5, 5.41) is 7.53. The Kier molecular flexibility index (Phi) is 5.07. The third kappa shape index (κ3) is 3.67. The van der Waals surface area contributed by atoms with Crippen molar-refractivity contribution in [2.75, 3.05) is 7.05 Å². The maximum Gasteiger partial charge on any atom is 0.129 e. The van der Waals surface area contributed by atoms with E-state index in [2.05, 4.69) is 17.3 Å². The Balaban J connectivity index is 2.15. The lowest BCUT2D eigenvalue weighted by atomic mass is 10.0. The minimum atomic E-state index is -0.491. The van der Waals surface area contributed by atoms with Gasteiger partial charge < -0.3 is 5.32 Å². The third-order valence-corrected chi connectivity index (χ3v) is 3.77. The number of hydrogen-bond donors (Lipinski definition) is 1. The normalized spacial score (nSPS) is 12.6. The van der Waals surface area contributed by atoms with Crippen molar-refractivity contribution in [2.45, 2.75) is 32.2 Å². The van der Waals surface area contributed by atoms with Gasteiger partial charge in [0.15, 0.2) is 0 Å². The summed E-state index contributed by atoms with van der Waals surface area (Å²) in [4.78, 5) is 0. The summed E-state index contributed by atoms with van der Waals surface area (Å²) in [5.74, 6) is -0.982. The molecule has 0 saturated carbocycles. The van der Waals surface area contributed by atoms with Crippen LogP contribution in [-0.4, -0.2) is 22.9 Å². The molecule has 21 heavy (non-hydrogen) atoms. The number of aryl methyl sites for hydroxylation is 2. The Morgan fingerprint density at radius 2 is 1.90 bits per heavy atom. The lowest BCUT2D eigenvalue weighted by Crippen LogP contribution is -2.31. The molecular weight excluding hydrogens is 272 g/mol. The highest BCUT2D eigenvalue weighted by atomic mass is 19.1. The van der Waals surface area contributed by atoms with E-state index in [9.17, 15) is 8.78 Å². The zero-order chi connectivity index (χ0) is 15.4. The van der Waals surface area contributed by atoms with Gasteiger partial charge in [-0.05, 0) is 38.1 Å². The van der Waals surface area contributed by atoms with Gasteiger partial charge >= 0.3 is 0 Å². The third-order valence-electron chi connectivity index (χ3n) is 3.77. The van der Waals surface area contributed by atoms with E-state index in [0.717, 1.165) is 17.8 Å². The van der Waals surface area contributed by atoms with E-state index < -0.39 is 11.6 Å². The van der Waals surface area contributed by atoms with Gasteiger partial charge in [-0.2, -0.15) is 5.10 Å². The summed E-state index contributed by atoms with van der Waals surface area (Å²) >= 11 is 0. The van der Waals surface area contributed by atoms with Crippen molar-refractivity contribution in [3.8, 4) is 0 Å². The molecule has 0 radical (unpaired) electrons. The molecular formula is C16H21F2N3. The van der Waals surface area contributed by atoms with Crippen molar-refractivity contribution in [1.82, 2.24) is 15.1 Å². The van der Waals surface area contributed by atoms with Crippen molar-refractivity contribution in [1.29, 1.82) is 0 Å². The first-order valence-electron chi connectivity index (χ1n) is 7.17. The van der Waals surface area contributed by atoms with Gasteiger partial charge in [0, 0.05) is 30.8 Å². The van der Waals surface area contributed by atoms with Gasteiger partial charge in [-0.15, -0.1) is 0 Å². The molecule has 114 valence electrons. The van der Waals surface area contributed by atoms with E-state index >= 15 is 0 Å². The fourth-order valence-electron chi connectivity index (χ4n) is 2.44. The second kappa shape index (κ2) is 6.80. The molecule has 1 unspecified atom stereocenters. The van der Waals surface area contributed by atoms with E-state index in [4.69, 9.17) is 0 Å². The second-order valence-electron chi connectivity index (χ2n) is 5.20. The predicted octanol–water partition coefficient (Wildman–Crippen LogP) is 2.63. The molecule has 5 heteroatoms.